The Bertz CT molecular complexity index is 1150. The van der Waals surface area contributed by atoms with Gasteiger partial charge in [-0.25, -0.2) is 4.39 Å². The number of likely N-dealkylation sites (N-methyl/N-ethyl adjacent to an activating group) is 1. The van der Waals surface area contributed by atoms with Crippen LogP contribution in [0.25, 0.3) is 0 Å². The molecule has 0 unspecified atom stereocenters. The minimum absolute atomic E-state index is 0.0581. The van der Waals surface area contributed by atoms with Gasteiger partial charge in [-0.05, 0) is 55.8 Å². The Morgan fingerprint density at radius 2 is 1.56 bits per heavy atom. The lowest BCUT2D eigenvalue weighted by Crippen LogP contribution is -2.52. The fraction of sp³-hybridized carbons (Fsp3) is 0.296. The highest BCUT2D eigenvalue weighted by Gasteiger charge is 2.57. The molecule has 0 aliphatic carbocycles. The number of carbonyl (C=O) groups is 1. The maximum absolute atomic E-state index is 13.8. The second-order valence-electron chi connectivity index (χ2n) is 8.92. The van der Waals surface area contributed by atoms with Gasteiger partial charge < -0.3 is 0 Å². The van der Waals surface area contributed by atoms with Gasteiger partial charge in [-0.3, -0.25) is 13.9 Å². The Kier molecular flexibility index (Phi) is 5.56. The van der Waals surface area contributed by atoms with Gasteiger partial charge >= 0.3 is 0 Å². The summed E-state index contributed by atoms with van der Waals surface area (Å²) in [6, 6.07) is 23.8. The van der Waals surface area contributed by atoms with Crippen LogP contribution in [0.2, 0.25) is 0 Å². The zero-order valence-electron chi connectivity index (χ0n) is 18.1. The second kappa shape index (κ2) is 8.38. The second-order valence-corrected chi connectivity index (χ2v) is 10.6. The average molecular weight is 448 g/mol. The molecule has 32 heavy (non-hydrogen) atoms. The highest BCUT2D eigenvalue weighted by Crippen LogP contribution is 2.50. The largest absolute Gasteiger partial charge is 0.297 e. The van der Waals surface area contributed by atoms with Gasteiger partial charge in [-0.15, -0.1) is 0 Å². The first-order valence-corrected chi connectivity index (χ1v) is 12.2. The van der Waals surface area contributed by atoms with E-state index in [1.54, 1.807) is 12.1 Å². The van der Waals surface area contributed by atoms with E-state index in [9.17, 15) is 13.4 Å². The number of aryl methyl sites for hydroxylation is 1. The van der Waals surface area contributed by atoms with Crippen LogP contribution in [0, 0.1) is 12.7 Å². The molecule has 2 bridgehead atoms. The molecule has 3 nitrogen and oxygen atoms in total. The van der Waals surface area contributed by atoms with Gasteiger partial charge in [0, 0.05) is 16.9 Å². The fourth-order valence-corrected chi connectivity index (χ4v) is 7.27. The van der Waals surface area contributed by atoms with Crippen LogP contribution in [0.1, 0.15) is 34.9 Å². The summed E-state index contributed by atoms with van der Waals surface area (Å²) in [5.74, 6) is -0.721. The highest BCUT2D eigenvalue weighted by molar-refractivity contribution is 7.85. The van der Waals surface area contributed by atoms with E-state index >= 15 is 0 Å². The van der Waals surface area contributed by atoms with Crippen LogP contribution in [0.4, 0.5) is 4.39 Å². The summed E-state index contributed by atoms with van der Waals surface area (Å²) >= 11 is 0. The predicted molar refractivity (Wildman–Crippen MR) is 125 cm³/mol. The average Bonchev–Trinajstić information content (AvgIpc) is 3.07. The van der Waals surface area contributed by atoms with E-state index in [0.717, 1.165) is 21.6 Å². The Morgan fingerprint density at radius 3 is 2.22 bits per heavy atom. The zero-order chi connectivity index (χ0) is 22.4. The Balaban J connectivity index is 1.62. The van der Waals surface area contributed by atoms with Gasteiger partial charge in [0.05, 0.1) is 28.0 Å². The molecule has 5 heteroatoms. The molecule has 0 radical (unpaired) electrons. The number of benzene rings is 3. The molecule has 6 atom stereocenters. The number of nitrogens with zero attached hydrogens (tertiary/aromatic N) is 1. The van der Waals surface area contributed by atoms with Crippen molar-refractivity contribution in [1.82, 2.24) is 4.90 Å². The number of rotatable bonds is 4. The van der Waals surface area contributed by atoms with Crippen LogP contribution in [-0.4, -0.2) is 39.3 Å². The summed E-state index contributed by atoms with van der Waals surface area (Å²) < 4.78 is 27.4. The quantitative estimate of drug-likeness (QED) is 0.575. The van der Waals surface area contributed by atoms with Crippen LogP contribution in [0.15, 0.2) is 83.8 Å². The van der Waals surface area contributed by atoms with E-state index < -0.39 is 10.8 Å². The van der Waals surface area contributed by atoms with E-state index in [4.69, 9.17) is 0 Å². The molecule has 2 aliphatic rings. The minimum atomic E-state index is -1.24. The first-order chi connectivity index (χ1) is 15.5. The molecule has 2 fully saturated rings. The predicted octanol–water partition coefficient (Wildman–Crippen LogP) is 4.83. The third-order valence-corrected chi connectivity index (χ3v) is 8.86. The lowest BCUT2D eigenvalue weighted by Gasteiger charge is -2.43. The van der Waals surface area contributed by atoms with Crippen molar-refractivity contribution in [2.24, 2.45) is 0 Å². The summed E-state index contributed by atoms with van der Waals surface area (Å²) in [4.78, 5) is 16.7. The van der Waals surface area contributed by atoms with Gasteiger partial charge in [0.15, 0.2) is 5.78 Å². The first kappa shape index (κ1) is 21.2. The summed E-state index contributed by atoms with van der Waals surface area (Å²) in [5.41, 5.74) is 3.01. The van der Waals surface area contributed by atoms with Gasteiger partial charge in [-0.1, -0.05) is 60.2 Å². The summed E-state index contributed by atoms with van der Waals surface area (Å²) in [6.07, 6.45) is 0.571. The Labute approximate surface area is 190 Å². The van der Waals surface area contributed by atoms with Crippen LogP contribution >= 0.6 is 0 Å². The van der Waals surface area contributed by atoms with E-state index in [1.165, 1.54) is 12.1 Å². The summed E-state index contributed by atoms with van der Waals surface area (Å²) in [6.45, 7) is 2.01. The number of carbonyl (C=O) groups excluding carboxylic acids is 1. The molecule has 5 rings (SSSR count). The van der Waals surface area contributed by atoms with Crippen molar-refractivity contribution >= 4 is 16.6 Å². The van der Waals surface area contributed by atoms with Crippen molar-refractivity contribution in [3.8, 4) is 0 Å². The number of Topliss-reactive ketones (excluding diaryl/α,β-unsaturated/α-hetero) is 1. The lowest BCUT2D eigenvalue weighted by atomic mass is 9.72. The van der Waals surface area contributed by atoms with Gasteiger partial charge in [0.25, 0.3) is 0 Å². The molecular weight excluding hydrogens is 421 g/mol. The van der Waals surface area contributed by atoms with Crippen LogP contribution in [0.5, 0.6) is 0 Å². The summed E-state index contributed by atoms with van der Waals surface area (Å²) in [5, 5.41) is -0.160. The van der Waals surface area contributed by atoms with E-state index in [0.29, 0.717) is 6.42 Å². The molecule has 3 aromatic rings. The van der Waals surface area contributed by atoms with Crippen molar-refractivity contribution < 1.29 is 13.4 Å². The minimum Gasteiger partial charge on any atom is -0.297 e. The molecule has 0 N–H and O–H groups in total. The number of piperidine rings is 1. The lowest BCUT2D eigenvalue weighted by molar-refractivity contribution is -0.128. The normalized spacial score (nSPS) is 28.6. The molecule has 0 spiro atoms. The van der Waals surface area contributed by atoms with Gasteiger partial charge in [0.1, 0.15) is 5.82 Å². The van der Waals surface area contributed by atoms with Crippen molar-refractivity contribution in [2.45, 2.75) is 47.4 Å². The first-order valence-electron chi connectivity index (χ1n) is 11.0. The third-order valence-electron chi connectivity index (χ3n) is 7.10. The zero-order valence-corrected chi connectivity index (χ0v) is 19.0. The van der Waals surface area contributed by atoms with Crippen LogP contribution in [0.3, 0.4) is 0 Å². The standard InChI is InChI=1S/C27H26FNO2S/c1-17-8-14-21(15-9-17)32(31)23-16-22-27(30)25(19-10-12-20(28)13-11-19)24(26(23)29(22)2)18-6-4-3-5-7-18/h3-15,22-26H,16H2,1-2H3/t22-,23+,24-,25-,26+,32-/m0/s1. The van der Waals surface area contributed by atoms with Crippen LogP contribution in [-0.2, 0) is 15.6 Å². The molecule has 2 aliphatic heterocycles. The number of hydrogen-bond acceptors (Lipinski definition) is 3. The Hall–Kier alpha value is -2.63. The van der Waals surface area contributed by atoms with E-state index in [2.05, 4.69) is 4.90 Å². The van der Waals surface area contributed by atoms with Gasteiger partial charge in [0.2, 0.25) is 0 Å². The van der Waals surface area contributed by atoms with Crippen molar-refractivity contribution in [3.63, 3.8) is 0 Å². The topological polar surface area (TPSA) is 37.4 Å². The molecular formula is C27H26FNO2S. The Morgan fingerprint density at radius 1 is 0.906 bits per heavy atom. The van der Waals surface area contributed by atoms with Crippen molar-refractivity contribution in [1.29, 1.82) is 0 Å². The monoisotopic (exact) mass is 447 g/mol. The number of fused-ring (bicyclic) bond motifs is 2. The van der Waals surface area contributed by atoms with Crippen molar-refractivity contribution in [2.75, 3.05) is 7.05 Å². The van der Waals surface area contributed by atoms with Crippen molar-refractivity contribution in [3.05, 3.63) is 101 Å². The van der Waals surface area contributed by atoms with E-state index in [-0.39, 0.29) is 40.8 Å². The summed E-state index contributed by atoms with van der Waals surface area (Å²) in [7, 11) is 0.746. The number of hydrogen-bond donors (Lipinski definition) is 0. The molecule has 2 saturated heterocycles. The maximum Gasteiger partial charge on any atom is 0.158 e. The van der Waals surface area contributed by atoms with E-state index in [1.807, 2.05) is 68.6 Å². The molecule has 2 heterocycles. The number of halogens is 1. The molecule has 164 valence electrons. The fourth-order valence-electron chi connectivity index (χ4n) is 5.55. The molecule has 0 saturated carbocycles. The molecule has 0 aromatic heterocycles. The van der Waals surface area contributed by atoms with Gasteiger partial charge in [-0.2, -0.15) is 0 Å². The molecule has 0 amide bonds. The smallest absolute Gasteiger partial charge is 0.158 e. The maximum atomic E-state index is 13.8. The molecule has 3 aromatic carbocycles. The highest BCUT2D eigenvalue weighted by atomic mass is 32.2. The number of ketones is 1. The SMILES string of the molecule is Cc1ccc([S@](=O)[C@@H]2C[C@H]3C(=O)[C@@H](c4ccc(F)cc4)[C@H](c4ccccc4)[C@@H]2N3C)cc1. The van der Waals surface area contributed by atoms with Crippen LogP contribution < -0.4 is 0 Å². The third kappa shape index (κ3) is 3.54.